The van der Waals surface area contributed by atoms with Crippen LogP contribution in [0.4, 0.5) is 0 Å². The lowest BCUT2D eigenvalue weighted by Gasteiger charge is -2.34. The van der Waals surface area contributed by atoms with Gasteiger partial charge in [-0.1, -0.05) is 0 Å². The van der Waals surface area contributed by atoms with Gasteiger partial charge in [-0.25, -0.2) is 4.98 Å². The summed E-state index contributed by atoms with van der Waals surface area (Å²) in [5, 5.41) is 4.09. The molecule has 3 heterocycles. The van der Waals surface area contributed by atoms with E-state index in [-0.39, 0.29) is 11.9 Å². The number of aryl methyl sites for hydroxylation is 1. The Hall–Kier alpha value is -2.15. The van der Waals surface area contributed by atoms with Crippen LogP contribution < -0.4 is 0 Å². The molecule has 2 aromatic heterocycles. The Bertz CT molecular complexity index is 746. The summed E-state index contributed by atoms with van der Waals surface area (Å²) < 4.78 is 9.62. The van der Waals surface area contributed by atoms with Gasteiger partial charge in [0.1, 0.15) is 11.5 Å². The summed E-state index contributed by atoms with van der Waals surface area (Å²) in [4.78, 5) is 19.2. The van der Waals surface area contributed by atoms with E-state index in [9.17, 15) is 4.79 Å². The molecule has 0 aromatic carbocycles. The molecule has 1 amide bonds. The molecule has 0 N–H and O–H groups in total. The fourth-order valence-electron chi connectivity index (χ4n) is 3.30. The number of amides is 1. The number of carbonyl (C=O) groups excluding carboxylic acids is 1. The highest BCUT2D eigenvalue weighted by Gasteiger charge is 2.32. The normalized spacial score (nSPS) is 20.2. The third-order valence-electron chi connectivity index (χ3n) is 4.98. The third kappa shape index (κ3) is 2.73. The van der Waals surface area contributed by atoms with Crippen LogP contribution in [0.1, 0.15) is 47.8 Å². The predicted molar refractivity (Wildman–Crippen MR) is 87.3 cm³/mol. The zero-order valence-corrected chi connectivity index (χ0v) is 14.2. The maximum atomic E-state index is 12.8. The molecule has 0 bridgehead atoms. The van der Waals surface area contributed by atoms with E-state index in [0.717, 1.165) is 30.6 Å². The SMILES string of the molecule is C[C@@H]1c2ncc(COCC3CC3)n2CCN1C(=O)c1ccnn1C. The molecule has 4 rings (SSSR count). The van der Waals surface area contributed by atoms with Gasteiger partial charge in [-0.3, -0.25) is 9.48 Å². The van der Waals surface area contributed by atoms with Gasteiger partial charge in [0.25, 0.3) is 5.91 Å². The Kier molecular flexibility index (Phi) is 3.88. The molecule has 0 spiro atoms. The molecule has 7 heteroatoms. The van der Waals surface area contributed by atoms with Crippen LogP contribution in [0.5, 0.6) is 0 Å². The van der Waals surface area contributed by atoms with Gasteiger partial charge in [-0.2, -0.15) is 5.10 Å². The summed E-state index contributed by atoms with van der Waals surface area (Å²) in [6, 6.07) is 1.70. The van der Waals surface area contributed by atoms with E-state index in [1.165, 1.54) is 12.8 Å². The van der Waals surface area contributed by atoms with E-state index in [1.54, 1.807) is 24.0 Å². The van der Waals surface area contributed by atoms with Crippen LogP contribution in [0.3, 0.4) is 0 Å². The summed E-state index contributed by atoms with van der Waals surface area (Å²) in [6.45, 7) is 4.91. The second kappa shape index (κ2) is 6.05. The lowest BCUT2D eigenvalue weighted by molar-refractivity contribution is 0.0615. The van der Waals surface area contributed by atoms with E-state index in [2.05, 4.69) is 14.6 Å². The number of imidazole rings is 1. The fourth-order valence-corrected chi connectivity index (χ4v) is 3.30. The van der Waals surface area contributed by atoms with Crippen LogP contribution in [0.2, 0.25) is 0 Å². The van der Waals surface area contributed by atoms with Crippen molar-refractivity contribution in [3.8, 4) is 0 Å². The number of nitrogens with zero attached hydrogens (tertiary/aromatic N) is 5. The van der Waals surface area contributed by atoms with E-state index < -0.39 is 0 Å². The van der Waals surface area contributed by atoms with E-state index in [4.69, 9.17) is 4.74 Å². The Morgan fingerprint density at radius 3 is 2.92 bits per heavy atom. The van der Waals surface area contributed by atoms with Gasteiger partial charge in [-0.15, -0.1) is 0 Å². The molecule has 2 aromatic rings. The van der Waals surface area contributed by atoms with Gasteiger partial charge in [0.05, 0.1) is 24.5 Å². The number of hydrogen-bond donors (Lipinski definition) is 0. The second-order valence-corrected chi connectivity index (χ2v) is 6.73. The average molecular weight is 329 g/mol. The van der Waals surface area contributed by atoms with Gasteiger partial charge in [0.15, 0.2) is 0 Å². The minimum absolute atomic E-state index is 0.00304. The average Bonchev–Trinajstić information content (AvgIpc) is 3.14. The Morgan fingerprint density at radius 1 is 1.38 bits per heavy atom. The topological polar surface area (TPSA) is 65.2 Å². The number of rotatable bonds is 5. The van der Waals surface area contributed by atoms with Crippen LogP contribution in [-0.2, 0) is 24.9 Å². The minimum Gasteiger partial charge on any atom is -0.375 e. The number of aromatic nitrogens is 4. The zero-order chi connectivity index (χ0) is 16.7. The van der Waals surface area contributed by atoms with Crippen LogP contribution in [-0.4, -0.2) is 43.3 Å². The van der Waals surface area contributed by atoms with Crippen molar-refractivity contribution in [3.05, 3.63) is 35.7 Å². The van der Waals surface area contributed by atoms with Crippen LogP contribution in [0, 0.1) is 5.92 Å². The molecule has 1 aliphatic carbocycles. The number of hydrogen-bond acceptors (Lipinski definition) is 4. The first kappa shape index (κ1) is 15.4. The van der Waals surface area contributed by atoms with Crippen LogP contribution >= 0.6 is 0 Å². The highest BCUT2D eigenvalue weighted by atomic mass is 16.5. The van der Waals surface area contributed by atoms with Gasteiger partial charge in [0, 0.05) is 32.9 Å². The largest absolute Gasteiger partial charge is 0.375 e. The quantitative estimate of drug-likeness (QED) is 0.838. The summed E-state index contributed by atoms with van der Waals surface area (Å²) in [6.07, 6.45) is 6.13. The molecule has 24 heavy (non-hydrogen) atoms. The van der Waals surface area contributed by atoms with Crippen molar-refractivity contribution in [3.63, 3.8) is 0 Å². The van der Waals surface area contributed by atoms with Crippen molar-refractivity contribution in [2.75, 3.05) is 13.2 Å². The first-order valence-corrected chi connectivity index (χ1v) is 8.56. The number of carbonyl (C=O) groups is 1. The number of fused-ring (bicyclic) bond motifs is 1. The Labute approximate surface area is 141 Å². The zero-order valence-electron chi connectivity index (χ0n) is 14.2. The molecule has 0 unspecified atom stereocenters. The van der Waals surface area contributed by atoms with E-state index in [0.29, 0.717) is 18.8 Å². The monoisotopic (exact) mass is 329 g/mol. The molecule has 2 aliphatic rings. The molecule has 1 fully saturated rings. The van der Waals surface area contributed by atoms with E-state index in [1.807, 2.05) is 18.0 Å². The highest BCUT2D eigenvalue weighted by molar-refractivity contribution is 5.92. The summed E-state index contributed by atoms with van der Waals surface area (Å²) in [7, 11) is 1.79. The number of ether oxygens (including phenoxy) is 1. The third-order valence-corrected chi connectivity index (χ3v) is 4.98. The summed E-state index contributed by atoms with van der Waals surface area (Å²) in [5.74, 6) is 1.70. The van der Waals surface area contributed by atoms with Crippen molar-refractivity contribution in [2.24, 2.45) is 13.0 Å². The Morgan fingerprint density at radius 2 is 2.21 bits per heavy atom. The lowest BCUT2D eigenvalue weighted by atomic mass is 10.2. The van der Waals surface area contributed by atoms with Gasteiger partial charge in [-0.05, 0) is 31.7 Å². The van der Waals surface area contributed by atoms with Crippen LogP contribution in [0.15, 0.2) is 18.5 Å². The summed E-state index contributed by atoms with van der Waals surface area (Å²) in [5.41, 5.74) is 1.71. The Balaban J connectivity index is 1.48. The molecule has 1 atom stereocenters. The second-order valence-electron chi connectivity index (χ2n) is 6.73. The van der Waals surface area contributed by atoms with Crippen molar-refractivity contribution in [1.29, 1.82) is 0 Å². The molecule has 0 saturated heterocycles. The molecule has 128 valence electrons. The van der Waals surface area contributed by atoms with Crippen molar-refractivity contribution in [2.45, 2.75) is 39.0 Å². The van der Waals surface area contributed by atoms with Crippen molar-refractivity contribution < 1.29 is 9.53 Å². The van der Waals surface area contributed by atoms with Gasteiger partial charge < -0.3 is 14.2 Å². The lowest BCUT2D eigenvalue weighted by Crippen LogP contribution is -2.42. The smallest absolute Gasteiger partial charge is 0.272 e. The van der Waals surface area contributed by atoms with Crippen LogP contribution in [0.25, 0.3) is 0 Å². The molecule has 7 nitrogen and oxygen atoms in total. The van der Waals surface area contributed by atoms with Gasteiger partial charge >= 0.3 is 0 Å². The standard InChI is InChI=1S/C17H23N5O2/c1-12-16-18-9-14(11-24-10-13-3-4-13)22(16)8-7-21(12)17(23)15-5-6-19-20(15)2/h5-6,9,12-13H,3-4,7-8,10-11H2,1-2H3/t12-/m1/s1. The molecular weight excluding hydrogens is 306 g/mol. The maximum absolute atomic E-state index is 12.8. The predicted octanol–water partition coefficient (Wildman–Crippen LogP) is 1.76. The highest BCUT2D eigenvalue weighted by Crippen LogP contribution is 2.30. The first-order valence-electron chi connectivity index (χ1n) is 8.56. The molecule has 1 saturated carbocycles. The van der Waals surface area contributed by atoms with Crippen molar-refractivity contribution >= 4 is 5.91 Å². The maximum Gasteiger partial charge on any atom is 0.272 e. The van der Waals surface area contributed by atoms with Crippen molar-refractivity contribution in [1.82, 2.24) is 24.2 Å². The summed E-state index contributed by atoms with van der Waals surface area (Å²) >= 11 is 0. The molecule has 1 aliphatic heterocycles. The first-order chi connectivity index (χ1) is 11.6. The fraction of sp³-hybridized carbons (Fsp3) is 0.588. The van der Waals surface area contributed by atoms with Gasteiger partial charge in [0.2, 0.25) is 0 Å². The van der Waals surface area contributed by atoms with E-state index >= 15 is 0 Å². The molecular formula is C17H23N5O2. The molecule has 0 radical (unpaired) electrons. The minimum atomic E-state index is -0.0571.